The van der Waals surface area contributed by atoms with Crippen molar-refractivity contribution in [3.05, 3.63) is 53.9 Å². The fraction of sp³-hybridized carbons (Fsp3) is 0.143. The average Bonchev–Trinajstić information content (AvgIpc) is 2.46. The van der Waals surface area contributed by atoms with Crippen LogP contribution in [0.15, 0.2) is 42.5 Å². The second-order valence-corrected chi connectivity index (χ2v) is 3.90. The fourth-order valence-corrected chi connectivity index (χ4v) is 1.60. The molecular weight excluding hydrogens is 244 g/mol. The summed E-state index contributed by atoms with van der Waals surface area (Å²) in [4.78, 5) is 14.8. The van der Waals surface area contributed by atoms with E-state index in [1.807, 2.05) is 24.3 Å². The van der Waals surface area contributed by atoms with Crippen molar-refractivity contribution in [1.29, 1.82) is 0 Å². The van der Waals surface area contributed by atoms with Gasteiger partial charge in [0.2, 0.25) is 0 Å². The van der Waals surface area contributed by atoms with E-state index in [0.29, 0.717) is 12.2 Å². The number of carboxylic acids is 1. The molecular formula is C14H14N2O3. The third kappa shape index (κ3) is 3.45. The number of carbonyl (C=O) groups is 1. The van der Waals surface area contributed by atoms with Gasteiger partial charge in [-0.15, -0.1) is 0 Å². The SMILES string of the molecule is COc1ccc(NCc2cccc(C(=O)O)n2)cc1. The fourth-order valence-electron chi connectivity index (χ4n) is 1.60. The maximum absolute atomic E-state index is 10.8. The molecule has 0 spiro atoms. The summed E-state index contributed by atoms with van der Waals surface area (Å²) >= 11 is 0. The smallest absolute Gasteiger partial charge is 0.354 e. The van der Waals surface area contributed by atoms with Crippen molar-refractivity contribution >= 4 is 11.7 Å². The number of aromatic nitrogens is 1. The summed E-state index contributed by atoms with van der Waals surface area (Å²) < 4.78 is 5.07. The van der Waals surface area contributed by atoms with Crippen LogP contribution in [-0.2, 0) is 6.54 Å². The number of hydrogen-bond donors (Lipinski definition) is 2. The molecule has 0 amide bonds. The van der Waals surface area contributed by atoms with Gasteiger partial charge in [0.05, 0.1) is 19.3 Å². The molecule has 5 heteroatoms. The highest BCUT2D eigenvalue weighted by molar-refractivity contribution is 5.85. The Morgan fingerprint density at radius 2 is 2.00 bits per heavy atom. The molecule has 0 saturated heterocycles. The molecule has 0 aliphatic carbocycles. The lowest BCUT2D eigenvalue weighted by Gasteiger charge is -2.07. The molecule has 2 N–H and O–H groups in total. The van der Waals surface area contributed by atoms with E-state index in [1.54, 1.807) is 19.2 Å². The first-order valence-corrected chi connectivity index (χ1v) is 5.76. The van der Waals surface area contributed by atoms with Crippen molar-refractivity contribution < 1.29 is 14.6 Å². The Morgan fingerprint density at radius 3 is 2.63 bits per heavy atom. The molecule has 0 saturated carbocycles. The maximum atomic E-state index is 10.8. The van der Waals surface area contributed by atoms with E-state index >= 15 is 0 Å². The summed E-state index contributed by atoms with van der Waals surface area (Å²) in [6.07, 6.45) is 0. The van der Waals surface area contributed by atoms with E-state index in [1.165, 1.54) is 6.07 Å². The molecule has 0 radical (unpaired) electrons. The largest absolute Gasteiger partial charge is 0.497 e. The zero-order valence-corrected chi connectivity index (χ0v) is 10.5. The van der Waals surface area contributed by atoms with Crippen LogP contribution in [-0.4, -0.2) is 23.2 Å². The van der Waals surface area contributed by atoms with Crippen LogP contribution >= 0.6 is 0 Å². The molecule has 0 fully saturated rings. The average molecular weight is 258 g/mol. The summed E-state index contributed by atoms with van der Waals surface area (Å²) in [6, 6.07) is 12.4. The quantitative estimate of drug-likeness (QED) is 0.861. The highest BCUT2D eigenvalue weighted by Crippen LogP contribution is 2.15. The van der Waals surface area contributed by atoms with Crippen molar-refractivity contribution in [3.8, 4) is 5.75 Å². The van der Waals surface area contributed by atoms with Crippen molar-refractivity contribution in [2.75, 3.05) is 12.4 Å². The van der Waals surface area contributed by atoms with Crippen molar-refractivity contribution in [2.45, 2.75) is 6.54 Å². The van der Waals surface area contributed by atoms with E-state index in [4.69, 9.17) is 9.84 Å². The minimum atomic E-state index is -1.02. The Morgan fingerprint density at radius 1 is 1.26 bits per heavy atom. The lowest BCUT2D eigenvalue weighted by atomic mass is 10.2. The molecule has 0 aliphatic heterocycles. The number of nitrogens with one attached hydrogen (secondary N) is 1. The molecule has 0 bridgehead atoms. The summed E-state index contributed by atoms with van der Waals surface area (Å²) in [6.45, 7) is 0.466. The van der Waals surface area contributed by atoms with Crippen molar-refractivity contribution in [2.24, 2.45) is 0 Å². The molecule has 98 valence electrons. The molecule has 1 heterocycles. The van der Waals surface area contributed by atoms with Crippen molar-refractivity contribution in [1.82, 2.24) is 4.98 Å². The van der Waals surface area contributed by atoms with Crippen LogP contribution < -0.4 is 10.1 Å². The standard InChI is InChI=1S/C14H14N2O3/c1-19-12-7-5-10(6-8-12)15-9-11-3-2-4-13(16-11)14(17)18/h2-8,15H,9H2,1H3,(H,17,18). The summed E-state index contributed by atoms with van der Waals surface area (Å²) in [5, 5.41) is 12.0. The Kier molecular flexibility index (Phi) is 3.97. The van der Waals surface area contributed by atoms with Gasteiger partial charge in [-0.05, 0) is 36.4 Å². The van der Waals surface area contributed by atoms with Gasteiger partial charge in [0.15, 0.2) is 0 Å². The minimum absolute atomic E-state index is 0.0500. The Balaban J connectivity index is 2.01. The molecule has 0 atom stereocenters. The number of methoxy groups -OCH3 is 1. The number of anilines is 1. The number of rotatable bonds is 5. The van der Waals surface area contributed by atoms with Gasteiger partial charge >= 0.3 is 5.97 Å². The number of pyridine rings is 1. The van der Waals surface area contributed by atoms with Gasteiger partial charge in [0.25, 0.3) is 0 Å². The molecule has 1 aromatic carbocycles. The lowest BCUT2D eigenvalue weighted by molar-refractivity contribution is 0.0690. The number of hydrogen-bond acceptors (Lipinski definition) is 4. The number of aromatic carboxylic acids is 1. The van der Waals surface area contributed by atoms with Gasteiger partial charge in [0, 0.05) is 5.69 Å². The van der Waals surface area contributed by atoms with Gasteiger partial charge in [0.1, 0.15) is 11.4 Å². The summed E-state index contributed by atoms with van der Waals surface area (Å²) in [5.74, 6) is -0.233. The maximum Gasteiger partial charge on any atom is 0.354 e. The van der Waals surface area contributed by atoms with Gasteiger partial charge < -0.3 is 15.2 Å². The van der Waals surface area contributed by atoms with E-state index in [-0.39, 0.29) is 5.69 Å². The van der Waals surface area contributed by atoms with E-state index in [9.17, 15) is 4.79 Å². The first-order chi connectivity index (χ1) is 9.19. The topological polar surface area (TPSA) is 71.5 Å². The van der Waals surface area contributed by atoms with Gasteiger partial charge in [-0.3, -0.25) is 0 Å². The van der Waals surface area contributed by atoms with Crippen LogP contribution in [0.4, 0.5) is 5.69 Å². The van der Waals surface area contributed by atoms with Crippen LogP contribution in [0.1, 0.15) is 16.2 Å². The minimum Gasteiger partial charge on any atom is -0.497 e. The van der Waals surface area contributed by atoms with Crippen LogP contribution in [0.5, 0.6) is 5.75 Å². The third-order valence-electron chi connectivity index (χ3n) is 2.59. The molecule has 2 aromatic rings. The number of benzene rings is 1. The molecule has 19 heavy (non-hydrogen) atoms. The second-order valence-electron chi connectivity index (χ2n) is 3.90. The zero-order valence-electron chi connectivity index (χ0n) is 10.5. The van der Waals surface area contributed by atoms with Crippen LogP contribution in [0.2, 0.25) is 0 Å². The second kappa shape index (κ2) is 5.86. The number of ether oxygens (including phenoxy) is 1. The normalized spacial score (nSPS) is 9.95. The van der Waals surface area contributed by atoms with Gasteiger partial charge in [-0.2, -0.15) is 0 Å². The lowest BCUT2D eigenvalue weighted by Crippen LogP contribution is -2.06. The molecule has 2 rings (SSSR count). The van der Waals surface area contributed by atoms with Gasteiger partial charge in [-0.25, -0.2) is 9.78 Å². The Hall–Kier alpha value is -2.56. The number of nitrogens with zero attached hydrogens (tertiary/aromatic N) is 1. The summed E-state index contributed by atoms with van der Waals surface area (Å²) in [5.41, 5.74) is 1.65. The molecule has 0 aliphatic rings. The highest BCUT2D eigenvalue weighted by Gasteiger charge is 2.04. The monoisotopic (exact) mass is 258 g/mol. The van der Waals surface area contributed by atoms with E-state index in [0.717, 1.165) is 11.4 Å². The number of carboxylic acid groups (broad SMARTS) is 1. The predicted octanol–water partition coefficient (Wildman–Crippen LogP) is 2.40. The van der Waals surface area contributed by atoms with Crippen LogP contribution in [0, 0.1) is 0 Å². The predicted molar refractivity (Wildman–Crippen MR) is 71.5 cm³/mol. The molecule has 5 nitrogen and oxygen atoms in total. The summed E-state index contributed by atoms with van der Waals surface area (Å²) in [7, 11) is 1.61. The van der Waals surface area contributed by atoms with Crippen molar-refractivity contribution in [3.63, 3.8) is 0 Å². The van der Waals surface area contributed by atoms with E-state index < -0.39 is 5.97 Å². The zero-order chi connectivity index (χ0) is 13.7. The molecule has 1 aromatic heterocycles. The van der Waals surface area contributed by atoms with E-state index in [2.05, 4.69) is 10.3 Å². The Bertz CT molecular complexity index is 567. The first-order valence-electron chi connectivity index (χ1n) is 5.76. The third-order valence-corrected chi connectivity index (χ3v) is 2.59. The highest BCUT2D eigenvalue weighted by atomic mass is 16.5. The van der Waals surface area contributed by atoms with Crippen LogP contribution in [0.3, 0.4) is 0 Å². The van der Waals surface area contributed by atoms with Gasteiger partial charge in [-0.1, -0.05) is 6.07 Å². The Labute approximate surface area is 110 Å². The first kappa shape index (κ1) is 12.9. The van der Waals surface area contributed by atoms with Crippen LogP contribution in [0.25, 0.3) is 0 Å². The molecule has 0 unspecified atom stereocenters.